The quantitative estimate of drug-likeness (QED) is 0.750. The molecule has 0 unspecified atom stereocenters. The number of aromatic amines is 1. The molecule has 1 N–H and O–H groups in total. The van der Waals surface area contributed by atoms with E-state index < -0.39 is 0 Å². The highest BCUT2D eigenvalue weighted by Gasteiger charge is 2.15. The molecule has 0 saturated heterocycles. The molecule has 0 bridgehead atoms. The van der Waals surface area contributed by atoms with Gasteiger partial charge >= 0.3 is 0 Å². The molecule has 2 nitrogen and oxygen atoms in total. The first-order chi connectivity index (χ1) is 9.15. The zero-order valence-electron chi connectivity index (χ0n) is 10.5. The van der Waals surface area contributed by atoms with E-state index in [1.54, 1.807) is 0 Å². The van der Waals surface area contributed by atoms with Crippen LogP contribution in [0.1, 0.15) is 30.5 Å². The van der Waals surface area contributed by atoms with Gasteiger partial charge in [0.2, 0.25) is 0 Å². The summed E-state index contributed by atoms with van der Waals surface area (Å²) in [5, 5.41) is 1.16. The van der Waals surface area contributed by atoms with Crippen LogP contribution in [-0.2, 0) is 4.79 Å². The van der Waals surface area contributed by atoms with E-state index in [9.17, 15) is 4.79 Å². The van der Waals surface area contributed by atoms with Crippen LogP contribution in [0.2, 0.25) is 0 Å². The molecule has 0 radical (unpaired) electrons. The van der Waals surface area contributed by atoms with E-state index in [-0.39, 0.29) is 5.78 Å². The van der Waals surface area contributed by atoms with E-state index in [0.29, 0.717) is 12.8 Å². The minimum absolute atomic E-state index is 0.271. The highest BCUT2D eigenvalue weighted by atomic mass is 79.9. The third kappa shape index (κ3) is 2.30. The summed E-state index contributed by atoms with van der Waals surface area (Å²) in [5.41, 5.74) is 4.32. The lowest BCUT2D eigenvalue weighted by Gasteiger charge is -2.05. The maximum absolute atomic E-state index is 11.6. The number of H-pyrrole nitrogens is 1. The number of allylic oxidation sites excluding steroid dienone is 2. The van der Waals surface area contributed by atoms with Gasteiger partial charge in [-0.25, -0.2) is 0 Å². The van der Waals surface area contributed by atoms with Crippen molar-refractivity contribution in [1.82, 2.24) is 4.98 Å². The Labute approximate surface area is 120 Å². The van der Waals surface area contributed by atoms with Crippen molar-refractivity contribution >= 4 is 44.3 Å². The van der Waals surface area contributed by atoms with Crippen LogP contribution >= 0.6 is 15.9 Å². The van der Waals surface area contributed by atoms with Gasteiger partial charge in [0.05, 0.1) is 0 Å². The van der Waals surface area contributed by atoms with Gasteiger partial charge in [-0.05, 0) is 36.3 Å². The van der Waals surface area contributed by atoms with E-state index in [0.717, 1.165) is 38.6 Å². The van der Waals surface area contributed by atoms with Crippen LogP contribution in [0, 0.1) is 0 Å². The van der Waals surface area contributed by atoms with Gasteiger partial charge in [-0.1, -0.05) is 28.6 Å². The van der Waals surface area contributed by atoms with Crippen molar-refractivity contribution in [2.24, 2.45) is 0 Å². The summed E-state index contributed by atoms with van der Waals surface area (Å²) in [7, 11) is 0. The third-order valence-electron chi connectivity index (χ3n) is 3.48. The van der Waals surface area contributed by atoms with Gasteiger partial charge in [0.25, 0.3) is 0 Å². The molecule has 1 aromatic heterocycles. The van der Waals surface area contributed by atoms with Crippen molar-refractivity contribution in [3.8, 4) is 0 Å². The zero-order valence-corrected chi connectivity index (χ0v) is 12.1. The van der Waals surface area contributed by atoms with E-state index in [1.807, 2.05) is 18.2 Å². The molecule has 0 atom stereocenters. The van der Waals surface area contributed by atoms with E-state index in [2.05, 4.69) is 39.6 Å². The Hall–Kier alpha value is -1.61. The first-order valence-electron chi connectivity index (χ1n) is 6.33. The molecule has 2 aromatic rings. The van der Waals surface area contributed by atoms with E-state index in [1.165, 1.54) is 0 Å². The second-order valence-electron chi connectivity index (χ2n) is 4.85. The van der Waals surface area contributed by atoms with Crippen LogP contribution in [0.15, 0.2) is 35.3 Å². The number of benzene rings is 1. The molecular weight excluding hydrogens is 302 g/mol. The van der Waals surface area contributed by atoms with Gasteiger partial charge < -0.3 is 4.98 Å². The Balaban J connectivity index is 2.23. The molecule has 1 heterocycles. The minimum atomic E-state index is 0.271. The first-order valence-corrected chi connectivity index (χ1v) is 7.12. The lowest BCUT2D eigenvalue weighted by Crippen LogP contribution is -1.95. The van der Waals surface area contributed by atoms with Gasteiger partial charge in [-0.3, -0.25) is 4.79 Å². The Morgan fingerprint density at radius 3 is 2.95 bits per heavy atom. The molecule has 1 aliphatic carbocycles. The summed E-state index contributed by atoms with van der Waals surface area (Å²) in [4.78, 5) is 15.0. The SMILES string of the molecule is C=C1CCC(=O)C/C=C\c2[nH]c3ccc(Br)cc3c21. The smallest absolute Gasteiger partial charge is 0.136 e. The maximum atomic E-state index is 11.6. The van der Waals surface area contributed by atoms with Crippen LogP contribution < -0.4 is 0 Å². The van der Waals surface area contributed by atoms with Crippen molar-refractivity contribution in [3.63, 3.8) is 0 Å². The van der Waals surface area contributed by atoms with Crippen molar-refractivity contribution in [1.29, 1.82) is 0 Å². The Bertz CT molecular complexity index is 709. The third-order valence-corrected chi connectivity index (χ3v) is 3.97. The number of hydrogen-bond donors (Lipinski definition) is 1. The number of halogens is 1. The molecule has 0 saturated carbocycles. The normalized spacial score (nSPS) is 17.7. The van der Waals surface area contributed by atoms with Gasteiger partial charge in [0, 0.05) is 39.5 Å². The fourth-order valence-electron chi connectivity index (χ4n) is 2.52. The number of Topliss-reactive ketones (excluding diaryl/α,β-unsaturated/α-hetero) is 1. The molecule has 3 heteroatoms. The predicted octanol–water partition coefficient (Wildman–Crippen LogP) is 4.71. The standard InChI is InChI=1S/C16H14BrNO/c1-10-5-7-12(19)3-2-4-15-16(10)13-9-11(17)6-8-14(13)18-15/h2,4,6,8-9,18H,1,3,5,7H2/b4-2-. The molecular formula is C16H14BrNO. The summed E-state index contributed by atoms with van der Waals surface area (Å²) < 4.78 is 1.05. The van der Waals surface area contributed by atoms with Crippen molar-refractivity contribution in [3.05, 3.63) is 46.6 Å². The lowest BCUT2D eigenvalue weighted by molar-refractivity contribution is -0.118. The van der Waals surface area contributed by atoms with Crippen LogP contribution in [0.5, 0.6) is 0 Å². The number of nitrogens with one attached hydrogen (secondary N) is 1. The van der Waals surface area contributed by atoms with Crippen LogP contribution in [0.3, 0.4) is 0 Å². The number of hydrogen-bond acceptors (Lipinski definition) is 1. The Morgan fingerprint density at radius 1 is 1.26 bits per heavy atom. The highest BCUT2D eigenvalue weighted by molar-refractivity contribution is 9.10. The number of ketones is 1. The summed E-state index contributed by atoms with van der Waals surface area (Å²) >= 11 is 3.51. The molecule has 1 aromatic carbocycles. The minimum Gasteiger partial charge on any atom is -0.355 e. The number of rotatable bonds is 0. The molecule has 3 rings (SSSR count). The van der Waals surface area contributed by atoms with E-state index >= 15 is 0 Å². The fourth-order valence-corrected chi connectivity index (χ4v) is 2.88. The summed E-state index contributed by atoms with van der Waals surface area (Å²) in [6.07, 6.45) is 5.74. The van der Waals surface area contributed by atoms with Crippen molar-refractivity contribution in [2.75, 3.05) is 0 Å². The van der Waals surface area contributed by atoms with Gasteiger partial charge in [0.1, 0.15) is 5.78 Å². The number of carbonyl (C=O) groups is 1. The van der Waals surface area contributed by atoms with E-state index in [4.69, 9.17) is 0 Å². The molecule has 0 fully saturated rings. The van der Waals surface area contributed by atoms with Crippen LogP contribution in [0.25, 0.3) is 22.6 Å². The second-order valence-corrected chi connectivity index (χ2v) is 5.77. The second kappa shape index (κ2) is 4.82. The topological polar surface area (TPSA) is 32.9 Å². The van der Waals surface area contributed by atoms with Gasteiger partial charge in [0.15, 0.2) is 0 Å². The van der Waals surface area contributed by atoms with Crippen LogP contribution in [-0.4, -0.2) is 10.8 Å². The molecule has 0 aliphatic heterocycles. The Kier molecular flexibility index (Phi) is 3.15. The number of carbonyl (C=O) groups excluding carboxylic acids is 1. The zero-order chi connectivity index (χ0) is 13.4. The highest BCUT2D eigenvalue weighted by Crippen LogP contribution is 2.33. The molecule has 19 heavy (non-hydrogen) atoms. The summed E-state index contributed by atoms with van der Waals surface area (Å²) in [6.45, 7) is 4.16. The number of fused-ring (bicyclic) bond motifs is 3. The van der Waals surface area contributed by atoms with Gasteiger partial charge in [-0.2, -0.15) is 0 Å². The molecule has 0 spiro atoms. The summed E-state index contributed by atoms with van der Waals surface area (Å²) in [6, 6.07) is 6.18. The average molecular weight is 316 g/mol. The molecule has 96 valence electrons. The fraction of sp³-hybridized carbons (Fsp3) is 0.188. The average Bonchev–Trinajstić information content (AvgIpc) is 2.74. The lowest BCUT2D eigenvalue weighted by atomic mass is 9.99. The van der Waals surface area contributed by atoms with Crippen molar-refractivity contribution in [2.45, 2.75) is 19.3 Å². The monoisotopic (exact) mass is 315 g/mol. The molecule has 0 amide bonds. The summed E-state index contributed by atoms with van der Waals surface area (Å²) in [5.74, 6) is 0.271. The number of aromatic nitrogens is 1. The Morgan fingerprint density at radius 2 is 2.11 bits per heavy atom. The van der Waals surface area contributed by atoms with Crippen molar-refractivity contribution < 1.29 is 4.79 Å². The van der Waals surface area contributed by atoms with Crippen LogP contribution in [0.4, 0.5) is 0 Å². The predicted molar refractivity (Wildman–Crippen MR) is 82.9 cm³/mol. The molecule has 1 aliphatic rings. The first kappa shape index (κ1) is 12.4. The largest absolute Gasteiger partial charge is 0.355 e. The van der Waals surface area contributed by atoms with Gasteiger partial charge in [-0.15, -0.1) is 0 Å². The maximum Gasteiger partial charge on any atom is 0.136 e.